The predicted octanol–water partition coefficient (Wildman–Crippen LogP) is 5.64. The lowest BCUT2D eigenvalue weighted by molar-refractivity contribution is -0.146. The van der Waals surface area contributed by atoms with Crippen molar-refractivity contribution in [1.82, 2.24) is 20.1 Å². The van der Waals surface area contributed by atoms with Crippen molar-refractivity contribution >= 4 is 34.9 Å². The van der Waals surface area contributed by atoms with E-state index in [1.54, 1.807) is 31.4 Å². The molecular formula is C38H58N4O7S. The lowest BCUT2D eigenvalue weighted by Crippen LogP contribution is -2.49. The number of aliphatic carboxylic acids is 1. The molecule has 0 spiro atoms. The first-order valence-electron chi connectivity index (χ1n) is 17.9. The largest absolute Gasteiger partial charge is 0.481 e. The monoisotopic (exact) mass is 714 g/mol. The van der Waals surface area contributed by atoms with E-state index in [0.29, 0.717) is 24.5 Å². The quantitative estimate of drug-likeness (QED) is 0.179. The van der Waals surface area contributed by atoms with Crippen LogP contribution in [-0.2, 0) is 30.3 Å². The van der Waals surface area contributed by atoms with Crippen molar-refractivity contribution < 1.29 is 33.8 Å². The van der Waals surface area contributed by atoms with Gasteiger partial charge in [0.2, 0.25) is 5.91 Å². The molecule has 0 bridgehead atoms. The number of ketones is 1. The van der Waals surface area contributed by atoms with Gasteiger partial charge in [0, 0.05) is 51.1 Å². The predicted molar refractivity (Wildman–Crippen MR) is 195 cm³/mol. The van der Waals surface area contributed by atoms with E-state index in [2.05, 4.69) is 29.0 Å². The van der Waals surface area contributed by atoms with Gasteiger partial charge in [0.1, 0.15) is 16.8 Å². The van der Waals surface area contributed by atoms with E-state index in [1.807, 2.05) is 51.2 Å². The number of likely N-dealkylation sites (tertiary alicyclic amines) is 1. The molecule has 2 aromatic rings. The van der Waals surface area contributed by atoms with Gasteiger partial charge in [-0.3, -0.25) is 24.1 Å². The molecule has 0 aliphatic carbocycles. The summed E-state index contributed by atoms with van der Waals surface area (Å²) >= 11 is 1.33. The maximum absolute atomic E-state index is 14.1. The first-order chi connectivity index (χ1) is 23.8. The summed E-state index contributed by atoms with van der Waals surface area (Å²) < 4.78 is 11.8. The molecule has 0 saturated carbocycles. The Bertz CT molecular complexity index is 1390. The molecule has 7 atom stereocenters. The molecule has 50 heavy (non-hydrogen) atoms. The van der Waals surface area contributed by atoms with E-state index in [4.69, 9.17) is 9.47 Å². The summed E-state index contributed by atoms with van der Waals surface area (Å²) in [5.41, 5.74) is 1.23. The Hall–Kier alpha value is -3.19. The second kappa shape index (κ2) is 20.0. The van der Waals surface area contributed by atoms with Crippen LogP contribution in [-0.4, -0.2) is 102 Å². The Morgan fingerprint density at radius 1 is 1.10 bits per heavy atom. The van der Waals surface area contributed by atoms with Gasteiger partial charge in [0.05, 0.1) is 24.0 Å². The lowest BCUT2D eigenvalue weighted by atomic mass is 9.88. The average molecular weight is 715 g/mol. The highest BCUT2D eigenvalue weighted by atomic mass is 32.1. The summed E-state index contributed by atoms with van der Waals surface area (Å²) in [6.45, 7) is 10.8. The van der Waals surface area contributed by atoms with Crippen molar-refractivity contribution in [3.63, 3.8) is 0 Å². The van der Waals surface area contributed by atoms with Gasteiger partial charge < -0.3 is 24.8 Å². The second-order valence-electron chi connectivity index (χ2n) is 14.1. The number of thiazole rings is 1. The summed E-state index contributed by atoms with van der Waals surface area (Å²) in [6, 6.07) is 8.83. The standard InChI is InChI=1S/C38H58N4O7S/c1-9-49-34(36-40-30(23-50-36)35(44)39-28(19-25(4)38(46)47)20-27-15-11-10-12-16-27)22-32(24(2)3)42(7)37(45)29(26(5)48-8)21-33(43)31-17-13-14-18-41(31)6/h10-12,15-16,23-26,28-29,31-32,34H,9,13-14,17-22H2,1-8H3,(H,39,44)(H,46,47)/t25-,26-,28+,29-,31+,32+,34+/m0/s1. The van der Waals surface area contributed by atoms with E-state index in [9.17, 15) is 24.3 Å². The first kappa shape index (κ1) is 41.2. The maximum Gasteiger partial charge on any atom is 0.306 e. The molecule has 3 rings (SSSR count). The summed E-state index contributed by atoms with van der Waals surface area (Å²) in [5.74, 6) is -2.55. The first-order valence-corrected chi connectivity index (χ1v) is 18.8. The van der Waals surface area contributed by atoms with Gasteiger partial charge >= 0.3 is 5.97 Å². The number of carboxylic acid groups (broad SMARTS) is 1. The minimum Gasteiger partial charge on any atom is -0.481 e. The highest BCUT2D eigenvalue weighted by Gasteiger charge is 2.38. The van der Waals surface area contributed by atoms with Gasteiger partial charge in [-0.25, -0.2) is 4.98 Å². The molecule has 1 aliphatic rings. The Labute approximate surface area is 302 Å². The van der Waals surface area contributed by atoms with Gasteiger partial charge in [-0.2, -0.15) is 0 Å². The van der Waals surface area contributed by atoms with E-state index in [-0.39, 0.29) is 54.1 Å². The minimum absolute atomic E-state index is 0.0586. The molecule has 1 aliphatic heterocycles. The summed E-state index contributed by atoms with van der Waals surface area (Å²) in [5, 5.41) is 14.9. The summed E-state index contributed by atoms with van der Waals surface area (Å²) in [6.07, 6.45) is 3.30. The van der Waals surface area contributed by atoms with Crippen molar-refractivity contribution in [3.05, 3.63) is 52.0 Å². The number of ether oxygens (including phenoxy) is 2. The van der Waals surface area contributed by atoms with Gasteiger partial charge in [0.15, 0.2) is 5.78 Å². The van der Waals surface area contributed by atoms with Crippen LogP contribution in [0.25, 0.3) is 0 Å². The fourth-order valence-electron chi connectivity index (χ4n) is 6.83. The molecule has 1 aromatic carbocycles. The molecule has 1 aromatic heterocycles. The Balaban J connectivity index is 1.77. The third kappa shape index (κ3) is 11.7. The number of likely N-dealkylation sites (N-methyl/N-ethyl adjacent to an activating group) is 1. The van der Waals surface area contributed by atoms with Gasteiger partial charge in [-0.05, 0) is 64.6 Å². The van der Waals surface area contributed by atoms with Crippen molar-refractivity contribution in [1.29, 1.82) is 0 Å². The number of carboxylic acids is 1. The van der Waals surface area contributed by atoms with Gasteiger partial charge in [-0.1, -0.05) is 57.5 Å². The molecule has 0 unspecified atom stereocenters. The van der Waals surface area contributed by atoms with Gasteiger partial charge in [0.25, 0.3) is 5.91 Å². The van der Waals surface area contributed by atoms with Crippen LogP contribution < -0.4 is 5.32 Å². The van der Waals surface area contributed by atoms with E-state index in [1.165, 1.54) is 11.3 Å². The van der Waals surface area contributed by atoms with Crippen molar-refractivity contribution in [2.45, 2.75) is 110 Å². The Kier molecular flexibility index (Phi) is 16.5. The Morgan fingerprint density at radius 2 is 1.80 bits per heavy atom. The number of amides is 2. The highest BCUT2D eigenvalue weighted by molar-refractivity contribution is 7.09. The molecular weight excluding hydrogens is 657 g/mol. The zero-order chi connectivity index (χ0) is 37.0. The number of rotatable bonds is 20. The number of benzene rings is 1. The van der Waals surface area contributed by atoms with Crippen LogP contribution in [0.5, 0.6) is 0 Å². The smallest absolute Gasteiger partial charge is 0.306 e. The van der Waals surface area contributed by atoms with Crippen molar-refractivity contribution in [2.75, 3.05) is 34.4 Å². The topological polar surface area (TPSA) is 138 Å². The lowest BCUT2D eigenvalue weighted by Gasteiger charge is -2.37. The van der Waals surface area contributed by atoms with E-state index >= 15 is 0 Å². The number of nitrogens with one attached hydrogen (secondary N) is 1. The molecule has 278 valence electrons. The molecule has 11 nitrogen and oxygen atoms in total. The molecule has 2 N–H and O–H groups in total. The number of aromatic nitrogens is 1. The van der Waals surface area contributed by atoms with Crippen molar-refractivity contribution in [2.24, 2.45) is 17.8 Å². The summed E-state index contributed by atoms with van der Waals surface area (Å²) in [4.78, 5) is 61.2. The normalized spacial score (nSPS) is 18.9. The SMILES string of the molecule is CCO[C@H](C[C@H](C(C)C)N(C)C(=O)[C@@H](CC(=O)[C@H]1CCCCN1C)[C@H](C)OC)c1nc(C(=O)N[C@@H](Cc2ccccc2)C[C@H](C)C(=O)O)cs1. The van der Waals surface area contributed by atoms with Crippen molar-refractivity contribution in [3.8, 4) is 0 Å². The maximum atomic E-state index is 14.1. The number of hydrogen-bond donors (Lipinski definition) is 2. The van der Waals surface area contributed by atoms with Crippen LogP contribution in [0.1, 0.15) is 100 Å². The number of hydrogen-bond acceptors (Lipinski definition) is 9. The number of carbonyl (C=O) groups excluding carboxylic acids is 3. The number of methoxy groups -OCH3 is 1. The molecule has 1 saturated heterocycles. The van der Waals surface area contributed by atoms with Crippen LogP contribution in [0.15, 0.2) is 35.7 Å². The van der Waals surface area contributed by atoms with Crippen LogP contribution in [0.2, 0.25) is 0 Å². The molecule has 0 radical (unpaired) electrons. The molecule has 1 fully saturated rings. The fourth-order valence-corrected chi connectivity index (χ4v) is 7.69. The second-order valence-corrected chi connectivity index (χ2v) is 14.9. The highest BCUT2D eigenvalue weighted by Crippen LogP contribution is 2.32. The zero-order valence-corrected chi connectivity index (χ0v) is 31.9. The van der Waals surface area contributed by atoms with Crippen LogP contribution in [0.4, 0.5) is 0 Å². The average Bonchev–Trinajstić information content (AvgIpc) is 3.59. The Morgan fingerprint density at radius 3 is 2.40 bits per heavy atom. The third-order valence-corrected chi connectivity index (χ3v) is 10.9. The molecule has 2 amide bonds. The fraction of sp³-hybridized carbons (Fsp3) is 0.658. The van der Waals surface area contributed by atoms with E-state index in [0.717, 1.165) is 31.4 Å². The van der Waals surface area contributed by atoms with Crippen LogP contribution in [0, 0.1) is 17.8 Å². The van der Waals surface area contributed by atoms with Crippen LogP contribution in [0.3, 0.4) is 0 Å². The van der Waals surface area contributed by atoms with Gasteiger partial charge in [-0.15, -0.1) is 11.3 Å². The minimum atomic E-state index is -0.914. The summed E-state index contributed by atoms with van der Waals surface area (Å²) in [7, 11) is 5.33. The third-order valence-electron chi connectivity index (χ3n) is 10.0. The van der Waals surface area contributed by atoms with E-state index < -0.39 is 36.1 Å². The zero-order valence-electron chi connectivity index (χ0n) is 31.1. The van der Waals surface area contributed by atoms with Crippen LogP contribution >= 0.6 is 11.3 Å². The number of carbonyl (C=O) groups is 4. The number of nitrogens with zero attached hydrogens (tertiary/aromatic N) is 3. The number of Topliss-reactive ketones (excluding diaryl/α,β-unsaturated/α-hetero) is 1. The molecule has 2 heterocycles. The number of piperidine rings is 1. The molecule has 12 heteroatoms.